The van der Waals surface area contributed by atoms with Gasteiger partial charge in [0.25, 0.3) is 5.56 Å². The fraction of sp³-hybridized carbons (Fsp3) is 0.214. The number of hydrogen-bond acceptors (Lipinski definition) is 4. The predicted molar refractivity (Wildman–Crippen MR) is 73.3 cm³/mol. The van der Waals surface area contributed by atoms with Crippen molar-refractivity contribution < 1.29 is 14.6 Å². The van der Waals surface area contributed by atoms with Gasteiger partial charge in [-0.05, 0) is 25.1 Å². The summed E-state index contributed by atoms with van der Waals surface area (Å²) in [5, 5.41) is 9.00. The molecular formula is C14H12N2O5. The molecule has 108 valence electrons. The predicted octanol–water partition coefficient (Wildman–Crippen LogP) is 0.951. The van der Waals surface area contributed by atoms with Gasteiger partial charge in [0.05, 0.1) is 11.1 Å². The van der Waals surface area contributed by atoms with E-state index in [9.17, 15) is 14.4 Å². The third-order valence-electron chi connectivity index (χ3n) is 3.45. The average molecular weight is 288 g/mol. The highest BCUT2D eigenvalue weighted by Gasteiger charge is 2.23. The molecule has 2 heterocycles. The zero-order valence-corrected chi connectivity index (χ0v) is 11.2. The minimum absolute atomic E-state index is 0.126. The van der Waals surface area contributed by atoms with Crippen molar-refractivity contribution in [3.8, 4) is 11.6 Å². The van der Waals surface area contributed by atoms with Gasteiger partial charge in [0.15, 0.2) is 0 Å². The number of fused-ring (bicyclic) bond motifs is 2. The maximum absolute atomic E-state index is 12.2. The Bertz CT molecular complexity index is 863. The molecule has 21 heavy (non-hydrogen) atoms. The van der Waals surface area contributed by atoms with Crippen LogP contribution in [0.3, 0.4) is 0 Å². The summed E-state index contributed by atoms with van der Waals surface area (Å²) in [4.78, 5) is 37.5. The molecule has 7 nitrogen and oxygen atoms in total. The lowest BCUT2D eigenvalue weighted by atomic mass is 10.0. The molecule has 7 heteroatoms. The van der Waals surface area contributed by atoms with Gasteiger partial charge >= 0.3 is 11.7 Å². The summed E-state index contributed by atoms with van der Waals surface area (Å²) in [6, 6.07) is 4.41. The van der Waals surface area contributed by atoms with Gasteiger partial charge in [0.1, 0.15) is 5.75 Å². The second-order valence-corrected chi connectivity index (χ2v) is 4.69. The number of aromatic carboxylic acids is 1. The number of benzene rings is 1. The first kappa shape index (κ1) is 13.2. The van der Waals surface area contributed by atoms with E-state index in [0.29, 0.717) is 16.9 Å². The van der Waals surface area contributed by atoms with Crippen LogP contribution in [0.2, 0.25) is 0 Å². The molecule has 0 saturated heterocycles. The Hall–Kier alpha value is -2.83. The number of hydrogen-bond donors (Lipinski definition) is 2. The van der Waals surface area contributed by atoms with Crippen molar-refractivity contribution in [1.29, 1.82) is 0 Å². The maximum atomic E-state index is 12.2. The van der Waals surface area contributed by atoms with E-state index in [1.807, 2.05) is 0 Å². The fourth-order valence-corrected chi connectivity index (χ4v) is 2.37. The standard InChI is InChI=1S/C14H12N2O5/c1-2-16-12(17)9-6-8-5-7(13(18)19)3-4-10(8)21-11(9)15-14(16)20/h3-5H,2,6H2,1H3,(H,15,20)(H,18,19). The van der Waals surface area contributed by atoms with E-state index in [1.54, 1.807) is 6.92 Å². The largest absolute Gasteiger partial charge is 0.478 e. The molecule has 3 rings (SSSR count). The monoisotopic (exact) mass is 288 g/mol. The topological polar surface area (TPSA) is 101 Å². The molecule has 0 spiro atoms. The lowest BCUT2D eigenvalue weighted by Gasteiger charge is -2.20. The van der Waals surface area contributed by atoms with Crippen LogP contribution in [0.15, 0.2) is 27.8 Å². The highest BCUT2D eigenvalue weighted by molar-refractivity contribution is 5.88. The summed E-state index contributed by atoms with van der Waals surface area (Å²) >= 11 is 0. The Morgan fingerprint density at radius 2 is 2.19 bits per heavy atom. The number of carbonyl (C=O) groups is 1. The second-order valence-electron chi connectivity index (χ2n) is 4.69. The molecule has 0 atom stereocenters. The Kier molecular flexibility index (Phi) is 2.90. The van der Waals surface area contributed by atoms with Crippen LogP contribution < -0.4 is 16.0 Å². The molecule has 0 bridgehead atoms. The third kappa shape index (κ3) is 2.03. The number of H-pyrrole nitrogens is 1. The summed E-state index contributed by atoms with van der Waals surface area (Å²) in [6.07, 6.45) is 0.224. The SMILES string of the molecule is CCn1c(=O)[nH]c2c(c1=O)Cc1cc(C(=O)O)ccc1O2. The number of aromatic nitrogens is 2. The van der Waals surface area contributed by atoms with Crippen LogP contribution in [-0.2, 0) is 13.0 Å². The smallest absolute Gasteiger partial charge is 0.335 e. The number of carboxylic acid groups (broad SMARTS) is 1. The minimum atomic E-state index is -1.05. The number of aromatic amines is 1. The summed E-state index contributed by atoms with van der Waals surface area (Å²) < 4.78 is 6.59. The summed E-state index contributed by atoms with van der Waals surface area (Å²) in [6.45, 7) is 1.95. The van der Waals surface area contributed by atoms with Crippen LogP contribution >= 0.6 is 0 Å². The highest BCUT2D eigenvalue weighted by Crippen LogP contribution is 2.33. The first-order valence-corrected chi connectivity index (χ1v) is 6.41. The number of ether oxygens (including phenoxy) is 1. The van der Waals surface area contributed by atoms with E-state index in [2.05, 4.69) is 4.98 Å². The van der Waals surface area contributed by atoms with Crippen molar-refractivity contribution in [2.75, 3.05) is 0 Å². The van der Waals surface area contributed by atoms with Crippen LogP contribution in [0, 0.1) is 0 Å². The van der Waals surface area contributed by atoms with Crippen molar-refractivity contribution in [2.24, 2.45) is 0 Å². The summed E-state index contributed by atoms with van der Waals surface area (Å²) in [5.74, 6) is -0.474. The lowest BCUT2D eigenvalue weighted by molar-refractivity contribution is 0.0696. The van der Waals surface area contributed by atoms with Gasteiger partial charge in [0.2, 0.25) is 5.88 Å². The quantitative estimate of drug-likeness (QED) is 0.731. The molecule has 2 aromatic rings. The molecule has 0 radical (unpaired) electrons. The first-order valence-electron chi connectivity index (χ1n) is 6.41. The Morgan fingerprint density at radius 1 is 1.43 bits per heavy atom. The Labute approximate surface area is 118 Å². The summed E-state index contributed by atoms with van der Waals surface area (Å²) in [5.41, 5.74) is 0.121. The molecule has 0 amide bonds. The molecule has 0 aliphatic carbocycles. The second kappa shape index (κ2) is 4.62. The van der Waals surface area contributed by atoms with Crippen LogP contribution in [0.4, 0.5) is 0 Å². The van der Waals surface area contributed by atoms with Crippen molar-refractivity contribution >= 4 is 5.97 Å². The number of nitrogens with zero attached hydrogens (tertiary/aromatic N) is 1. The average Bonchev–Trinajstić information content (AvgIpc) is 2.45. The summed E-state index contributed by atoms with van der Waals surface area (Å²) in [7, 11) is 0. The van der Waals surface area contributed by atoms with Crippen LogP contribution in [0.1, 0.15) is 28.4 Å². The van der Waals surface area contributed by atoms with E-state index in [0.717, 1.165) is 4.57 Å². The molecule has 0 unspecified atom stereocenters. The fourth-order valence-electron chi connectivity index (χ4n) is 2.37. The minimum Gasteiger partial charge on any atom is -0.478 e. The van der Waals surface area contributed by atoms with E-state index in [1.165, 1.54) is 18.2 Å². The molecule has 0 fully saturated rings. The lowest BCUT2D eigenvalue weighted by Crippen LogP contribution is -2.37. The van der Waals surface area contributed by atoms with Crippen LogP contribution in [-0.4, -0.2) is 20.6 Å². The maximum Gasteiger partial charge on any atom is 0.335 e. The van der Waals surface area contributed by atoms with E-state index >= 15 is 0 Å². The van der Waals surface area contributed by atoms with Gasteiger partial charge in [0, 0.05) is 18.5 Å². The van der Waals surface area contributed by atoms with Crippen molar-refractivity contribution in [1.82, 2.24) is 9.55 Å². The molecule has 1 aromatic heterocycles. The molecular weight excluding hydrogens is 276 g/mol. The van der Waals surface area contributed by atoms with Gasteiger partial charge in [-0.15, -0.1) is 0 Å². The van der Waals surface area contributed by atoms with E-state index in [-0.39, 0.29) is 24.4 Å². The van der Waals surface area contributed by atoms with Crippen molar-refractivity contribution in [2.45, 2.75) is 19.9 Å². The van der Waals surface area contributed by atoms with Gasteiger partial charge in [-0.3, -0.25) is 14.3 Å². The van der Waals surface area contributed by atoms with E-state index < -0.39 is 17.2 Å². The number of nitrogens with one attached hydrogen (secondary N) is 1. The van der Waals surface area contributed by atoms with Gasteiger partial charge in [-0.25, -0.2) is 9.59 Å². The van der Waals surface area contributed by atoms with Gasteiger partial charge in [-0.2, -0.15) is 0 Å². The molecule has 2 N–H and O–H groups in total. The van der Waals surface area contributed by atoms with Crippen molar-refractivity contribution in [3.05, 3.63) is 55.7 Å². The molecule has 1 aliphatic heterocycles. The van der Waals surface area contributed by atoms with Gasteiger partial charge < -0.3 is 9.84 Å². The Balaban J connectivity index is 2.16. The molecule has 1 aromatic carbocycles. The van der Waals surface area contributed by atoms with Gasteiger partial charge in [-0.1, -0.05) is 0 Å². The highest BCUT2D eigenvalue weighted by atomic mass is 16.5. The van der Waals surface area contributed by atoms with Crippen LogP contribution in [0.5, 0.6) is 11.6 Å². The zero-order chi connectivity index (χ0) is 15.1. The Morgan fingerprint density at radius 3 is 2.86 bits per heavy atom. The zero-order valence-electron chi connectivity index (χ0n) is 11.2. The normalized spacial score (nSPS) is 12.2. The molecule has 1 aliphatic rings. The number of rotatable bonds is 2. The first-order chi connectivity index (χ1) is 10.0. The number of carboxylic acids is 1. The third-order valence-corrected chi connectivity index (χ3v) is 3.45. The molecule has 0 saturated carbocycles. The van der Waals surface area contributed by atoms with Crippen LogP contribution in [0.25, 0.3) is 0 Å². The van der Waals surface area contributed by atoms with Crippen molar-refractivity contribution in [3.63, 3.8) is 0 Å². The van der Waals surface area contributed by atoms with E-state index in [4.69, 9.17) is 9.84 Å².